The number of aliphatic hydroxyl groups is 1. The van der Waals surface area contributed by atoms with Crippen LogP contribution in [0, 0.1) is 0 Å². The van der Waals surface area contributed by atoms with Crippen molar-refractivity contribution < 1.29 is 9.90 Å². The lowest BCUT2D eigenvalue weighted by atomic mass is 10.1. The van der Waals surface area contributed by atoms with Gasteiger partial charge in [-0.05, 0) is 12.8 Å². The standard InChI is InChI=1S/C7H10Cl3NO2/c8-7(9,10)6(13)11-4-2-1-3-5(11)12/h6,13H,1-4H2. The predicted octanol–water partition coefficient (Wildman–Crippen LogP) is 1.69. The number of carbonyl (C=O) groups is 1. The first-order valence-corrected chi connectivity index (χ1v) is 5.10. The quantitative estimate of drug-likeness (QED) is 0.715. The summed E-state index contributed by atoms with van der Waals surface area (Å²) < 4.78 is -1.83. The summed E-state index contributed by atoms with van der Waals surface area (Å²) in [6, 6.07) is 0. The molecule has 1 N–H and O–H groups in total. The highest BCUT2D eigenvalue weighted by Crippen LogP contribution is 2.33. The van der Waals surface area contributed by atoms with Crippen LogP contribution in [0.15, 0.2) is 0 Å². The molecule has 1 fully saturated rings. The molecule has 1 saturated heterocycles. The number of amides is 1. The van der Waals surface area contributed by atoms with Crippen LogP contribution in [0.1, 0.15) is 19.3 Å². The highest BCUT2D eigenvalue weighted by molar-refractivity contribution is 6.68. The molecular formula is C7H10Cl3NO2. The van der Waals surface area contributed by atoms with Crippen LogP contribution in [0.25, 0.3) is 0 Å². The summed E-state index contributed by atoms with van der Waals surface area (Å²) in [4.78, 5) is 12.5. The minimum Gasteiger partial charge on any atom is -0.369 e. The smallest absolute Gasteiger partial charge is 0.234 e. The summed E-state index contributed by atoms with van der Waals surface area (Å²) in [5, 5.41) is 9.49. The Labute approximate surface area is 91.5 Å². The third-order valence-electron chi connectivity index (χ3n) is 1.95. The van der Waals surface area contributed by atoms with Gasteiger partial charge < -0.3 is 10.0 Å². The van der Waals surface area contributed by atoms with Crippen molar-refractivity contribution in [2.75, 3.05) is 6.54 Å². The molecule has 0 spiro atoms. The fourth-order valence-corrected chi connectivity index (χ4v) is 1.62. The maximum absolute atomic E-state index is 11.3. The number of alkyl halides is 3. The highest BCUT2D eigenvalue weighted by Gasteiger charge is 2.38. The fourth-order valence-electron chi connectivity index (χ4n) is 1.26. The van der Waals surface area contributed by atoms with E-state index in [2.05, 4.69) is 0 Å². The number of aliphatic hydroxyl groups excluding tert-OH is 1. The van der Waals surface area contributed by atoms with Crippen molar-refractivity contribution in [1.29, 1.82) is 0 Å². The number of piperidine rings is 1. The van der Waals surface area contributed by atoms with Crippen molar-refractivity contribution >= 4 is 40.7 Å². The number of halogens is 3. The molecule has 1 aliphatic heterocycles. The molecule has 1 aliphatic rings. The Balaban J connectivity index is 2.64. The van der Waals surface area contributed by atoms with Crippen molar-refractivity contribution in [1.82, 2.24) is 4.90 Å². The lowest BCUT2D eigenvalue weighted by molar-refractivity contribution is -0.143. The molecule has 13 heavy (non-hydrogen) atoms. The Hall–Kier alpha value is 0.300. The SMILES string of the molecule is O=C1CCCCN1C(O)C(Cl)(Cl)Cl. The van der Waals surface area contributed by atoms with Crippen LogP contribution in [-0.4, -0.2) is 32.5 Å². The summed E-state index contributed by atoms with van der Waals surface area (Å²) in [6.07, 6.45) is 0.744. The highest BCUT2D eigenvalue weighted by atomic mass is 35.6. The van der Waals surface area contributed by atoms with E-state index in [9.17, 15) is 9.90 Å². The number of carbonyl (C=O) groups excluding carboxylic acids is 1. The average molecular weight is 247 g/mol. The zero-order valence-corrected chi connectivity index (χ0v) is 9.11. The summed E-state index contributed by atoms with van der Waals surface area (Å²) in [5.41, 5.74) is 0. The van der Waals surface area contributed by atoms with Gasteiger partial charge in [0.2, 0.25) is 9.70 Å². The van der Waals surface area contributed by atoms with Crippen LogP contribution in [0.5, 0.6) is 0 Å². The predicted molar refractivity (Wildman–Crippen MR) is 51.9 cm³/mol. The van der Waals surface area contributed by atoms with Gasteiger partial charge in [0.05, 0.1) is 0 Å². The number of likely N-dealkylation sites (tertiary alicyclic amines) is 1. The van der Waals surface area contributed by atoms with E-state index in [0.717, 1.165) is 12.8 Å². The van der Waals surface area contributed by atoms with E-state index in [4.69, 9.17) is 34.8 Å². The van der Waals surface area contributed by atoms with Gasteiger partial charge in [0.1, 0.15) is 0 Å². The zero-order valence-electron chi connectivity index (χ0n) is 6.84. The van der Waals surface area contributed by atoms with Crippen LogP contribution >= 0.6 is 34.8 Å². The maximum atomic E-state index is 11.3. The van der Waals surface area contributed by atoms with Crippen molar-refractivity contribution in [3.05, 3.63) is 0 Å². The van der Waals surface area contributed by atoms with Gasteiger partial charge in [-0.25, -0.2) is 0 Å². The van der Waals surface area contributed by atoms with Gasteiger partial charge >= 0.3 is 0 Å². The molecule has 1 amide bonds. The van der Waals surface area contributed by atoms with E-state index in [0.29, 0.717) is 13.0 Å². The lowest BCUT2D eigenvalue weighted by Gasteiger charge is -2.34. The molecule has 1 rings (SSSR count). The summed E-state index contributed by atoms with van der Waals surface area (Å²) >= 11 is 16.4. The number of rotatable bonds is 1. The second-order valence-electron chi connectivity index (χ2n) is 2.96. The van der Waals surface area contributed by atoms with E-state index in [1.165, 1.54) is 4.90 Å². The minimum absolute atomic E-state index is 0.162. The van der Waals surface area contributed by atoms with Gasteiger partial charge in [-0.1, -0.05) is 34.8 Å². The molecule has 0 aromatic heterocycles. The van der Waals surface area contributed by atoms with Gasteiger partial charge in [-0.3, -0.25) is 4.79 Å². The summed E-state index contributed by atoms with van der Waals surface area (Å²) in [5.74, 6) is -0.162. The molecule has 0 aliphatic carbocycles. The first-order chi connectivity index (χ1) is 5.93. The van der Waals surface area contributed by atoms with E-state index in [-0.39, 0.29) is 5.91 Å². The number of hydrogen-bond donors (Lipinski definition) is 1. The molecular weight excluding hydrogens is 236 g/mol. The number of nitrogens with zero attached hydrogens (tertiary/aromatic N) is 1. The molecule has 6 heteroatoms. The minimum atomic E-state index is -1.83. The van der Waals surface area contributed by atoms with Crippen LogP contribution in [0.3, 0.4) is 0 Å². The van der Waals surface area contributed by atoms with Crippen LogP contribution in [0.2, 0.25) is 0 Å². The van der Waals surface area contributed by atoms with E-state index in [1.54, 1.807) is 0 Å². The summed E-state index contributed by atoms with van der Waals surface area (Å²) in [7, 11) is 0. The molecule has 0 radical (unpaired) electrons. The zero-order chi connectivity index (χ0) is 10.1. The van der Waals surface area contributed by atoms with Crippen LogP contribution < -0.4 is 0 Å². The molecule has 1 unspecified atom stereocenters. The Morgan fingerprint density at radius 3 is 2.46 bits per heavy atom. The largest absolute Gasteiger partial charge is 0.369 e. The van der Waals surface area contributed by atoms with Gasteiger partial charge in [-0.15, -0.1) is 0 Å². The van der Waals surface area contributed by atoms with Crippen LogP contribution in [0.4, 0.5) is 0 Å². The van der Waals surface area contributed by atoms with Crippen molar-refractivity contribution in [3.8, 4) is 0 Å². The van der Waals surface area contributed by atoms with Gasteiger partial charge in [-0.2, -0.15) is 0 Å². The first-order valence-electron chi connectivity index (χ1n) is 3.97. The maximum Gasteiger partial charge on any atom is 0.234 e. The molecule has 76 valence electrons. The van der Waals surface area contributed by atoms with E-state index < -0.39 is 10.0 Å². The third kappa shape index (κ3) is 2.88. The Bertz CT molecular complexity index is 204. The Morgan fingerprint density at radius 2 is 2.00 bits per heavy atom. The molecule has 3 nitrogen and oxygen atoms in total. The topological polar surface area (TPSA) is 40.5 Å². The second kappa shape index (κ2) is 4.22. The van der Waals surface area contributed by atoms with Crippen molar-refractivity contribution in [3.63, 3.8) is 0 Å². The molecule has 0 saturated carbocycles. The third-order valence-corrected chi connectivity index (χ3v) is 2.53. The molecule has 0 aromatic rings. The second-order valence-corrected chi connectivity index (χ2v) is 5.33. The van der Waals surface area contributed by atoms with Gasteiger partial charge in [0.15, 0.2) is 6.23 Å². The average Bonchev–Trinajstić information content (AvgIpc) is 2.02. The first kappa shape index (κ1) is 11.4. The monoisotopic (exact) mass is 245 g/mol. The molecule has 1 heterocycles. The van der Waals surface area contributed by atoms with E-state index >= 15 is 0 Å². The van der Waals surface area contributed by atoms with Gasteiger partial charge in [0, 0.05) is 13.0 Å². The molecule has 1 atom stereocenters. The number of hydrogen-bond acceptors (Lipinski definition) is 2. The fraction of sp³-hybridized carbons (Fsp3) is 0.857. The van der Waals surface area contributed by atoms with Gasteiger partial charge in [0.25, 0.3) is 0 Å². The Morgan fingerprint density at radius 1 is 1.38 bits per heavy atom. The Kier molecular flexibility index (Phi) is 3.69. The summed E-state index contributed by atoms with van der Waals surface area (Å²) in [6.45, 7) is 0.452. The van der Waals surface area contributed by atoms with Crippen molar-refractivity contribution in [2.45, 2.75) is 29.3 Å². The lowest BCUT2D eigenvalue weighted by Crippen LogP contribution is -2.49. The van der Waals surface area contributed by atoms with Crippen LogP contribution in [-0.2, 0) is 4.79 Å². The molecule has 0 bridgehead atoms. The van der Waals surface area contributed by atoms with Crippen molar-refractivity contribution in [2.24, 2.45) is 0 Å². The normalized spacial score (nSPS) is 21.8. The van der Waals surface area contributed by atoms with E-state index in [1.807, 2.05) is 0 Å². The molecule has 0 aromatic carbocycles.